The van der Waals surface area contributed by atoms with Crippen molar-refractivity contribution in [2.45, 2.75) is 25.8 Å². The summed E-state index contributed by atoms with van der Waals surface area (Å²) >= 11 is 0. The van der Waals surface area contributed by atoms with Gasteiger partial charge in [0.15, 0.2) is 6.04 Å². The number of nitrogens with zero attached hydrogens (tertiary/aromatic N) is 4. The number of carbonyl (C=O) groups excluding carboxylic acids is 1. The smallest absolute Gasteiger partial charge is 0.278 e. The van der Waals surface area contributed by atoms with Crippen LogP contribution in [0.1, 0.15) is 18.4 Å². The van der Waals surface area contributed by atoms with Crippen LogP contribution in [0.5, 0.6) is 0 Å². The molecule has 2 saturated heterocycles. The molecular formula is C26H31F2N6O2+. The molecule has 4 heterocycles. The van der Waals surface area contributed by atoms with E-state index in [-0.39, 0.29) is 27.3 Å². The highest BCUT2D eigenvalue weighted by Gasteiger charge is 2.47. The number of anilines is 3. The van der Waals surface area contributed by atoms with Crippen LogP contribution in [0.3, 0.4) is 0 Å². The third kappa shape index (κ3) is 4.24. The molecule has 0 bridgehead atoms. The first kappa shape index (κ1) is 24.3. The summed E-state index contributed by atoms with van der Waals surface area (Å²) in [6.45, 7) is 5.38. The van der Waals surface area contributed by atoms with Gasteiger partial charge in [-0.3, -0.25) is 14.3 Å². The van der Waals surface area contributed by atoms with Crippen molar-refractivity contribution in [1.29, 1.82) is 0 Å². The zero-order valence-electron chi connectivity index (χ0n) is 20.8. The van der Waals surface area contributed by atoms with E-state index in [9.17, 15) is 9.18 Å². The number of morpholine rings is 1. The Balaban J connectivity index is 1.64. The molecule has 1 aromatic carbocycles. The predicted octanol–water partition coefficient (Wildman–Crippen LogP) is 3.64. The maximum atomic E-state index is 15.2. The lowest BCUT2D eigenvalue weighted by Gasteiger charge is -2.35. The van der Waals surface area contributed by atoms with E-state index in [1.54, 1.807) is 19.4 Å². The number of fused-ring (bicyclic) bond motifs is 1. The highest BCUT2D eigenvalue weighted by molar-refractivity contribution is 5.98. The molecule has 2 N–H and O–H groups in total. The van der Waals surface area contributed by atoms with E-state index < -0.39 is 11.6 Å². The molecule has 3 aromatic rings. The highest BCUT2D eigenvalue weighted by Crippen LogP contribution is 2.41. The number of quaternary nitrogens is 1. The van der Waals surface area contributed by atoms with Gasteiger partial charge >= 0.3 is 0 Å². The first-order valence-electron chi connectivity index (χ1n) is 12.2. The van der Waals surface area contributed by atoms with E-state index in [0.29, 0.717) is 48.9 Å². The molecule has 0 radical (unpaired) electrons. The number of ether oxygens (including phenoxy) is 1. The Morgan fingerprint density at radius 2 is 1.97 bits per heavy atom. The van der Waals surface area contributed by atoms with Crippen LogP contribution < -0.4 is 20.0 Å². The van der Waals surface area contributed by atoms with Gasteiger partial charge in [-0.1, -0.05) is 0 Å². The van der Waals surface area contributed by atoms with Crippen LogP contribution >= 0.6 is 0 Å². The summed E-state index contributed by atoms with van der Waals surface area (Å²) in [5.74, 6) is -0.841. The molecule has 10 heteroatoms. The van der Waals surface area contributed by atoms with E-state index in [1.807, 2.05) is 20.0 Å². The summed E-state index contributed by atoms with van der Waals surface area (Å²) in [4.78, 5) is 24.1. The Hall–Kier alpha value is -3.37. The van der Waals surface area contributed by atoms with Crippen LogP contribution in [0.15, 0.2) is 30.6 Å². The van der Waals surface area contributed by atoms with E-state index in [1.165, 1.54) is 6.07 Å². The lowest BCUT2D eigenvalue weighted by atomic mass is 10.1. The van der Waals surface area contributed by atoms with Crippen molar-refractivity contribution in [3.05, 3.63) is 47.8 Å². The molecule has 2 aliphatic heterocycles. The van der Waals surface area contributed by atoms with Gasteiger partial charge in [0.25, 0.3) is 5.91 Å². The molecule has 2 aliphatic rings. The average Bonchev–Trinajstić information content (AvgIpc) is 3.28. The molecule has 0 spiro atoms. The predicted molar refractivity (Wildman–Crippen MR) is 137 cm³/mol. The van der Waals surface area contributed by atoms with Gasteiger partial charge in [0.2, 0.25) is 5.82 Å². The average molecular weight is 498 g/mol. The minimum Gasteiger partial charge on any atom is -0.378 e. The monoisotopic (exact) mass is 497 g/mol. The van der Waals surface area contributed by atoms with Crippen LogP contribution in [0, 0.1) is 18.6 Å². The number of rotatable bonds is 5. The fourth-order valence-electron chi connectivity index (χ4n) is 5.55. The number of aromatic nitrogens is 2. The van der Waals surface area contributed by atoms with Gasteiger partial charge in [0, 0.05) is 45.1 Å². The lowest BCUT2D eigenvalue weighted by molar-refractivity contribution is -0.124. The van der Waals surface area contributed by atoms with Gasteiger partial charge in [-0.05, 0) is 13.0 Å². The fraction of sp³-hybridized carbons (Fsp3) is 0.423. The van der Waals surface area contributed by atoms with Crippen molar-refractivity contribution in [3.8, 4) is 0 Å². The minimum atomic E-state index is -0.698. The Labute approximate surface area is 208 Å². The molecule has 2 aromatic heterocycles. The number of amides is 1. The van der Waals surface area contributed by atoms with Gasteiger partial charge in [-0.25, -0.2) is 8.78 Å². The second kappa shape index (κ2) is 9.59. The van der Waals surface area contributed by atoms with E-state index in [2.05, 4.69) is 20.5 Å². The number of hydrogen-bond donors (Lipinski definition) is 2. The topological polar surface area (TPSA) is 79.4 Å². The van der Waals surface area contributed by atoms with Crippen molar-refractivity contribution in [1.82, 2.24) is 19.8 Å². The molecule has 1 unspecified atom stereocenters. The highest BCUT2D eigenvalue weighted by atomic mass is 19.1. The standard InChI is InChI=1S/C26H30F2N6O2/c1-16-24(31-18-13-19(15-30-14-18)33-6-9-36-10-7-33)23-20(28)11-17(27)12-21(23)32-25(16)34(3)8-4-5-22(34)26(35)29-2/h11-15,22H,4-10H2,1-3H3,(H-,29,31,32,35)/p+1/t22-,34?/m1/s1. The summed E-state index contributed by atoms with van der Waals surface area (Å²) in [5.41, 5.74) is 3.02. The van der Waals surface area contributed by atoms with Crippen LogP contribution in [-0.2, 0) is 9.53 Å². The summed E-state index contributed by atoms with van der Waals surface area (Å²) in [6.07, 6.45) is 5.02. The van der Waals surface area contributed by atoms with Gasteiger partial charge in [0.1, 0.15) is 11.6 Å². The molecule has 8 nitrogen and oxygen atoms in total. The first-order valence-corrected chi connectivity index (χ1v) is 12.2. The van der Waals surface area contributed by atoms with Gasteiger partial charge < -0.3 is 20.3 Å². The third-order valence-electron chi connectivity index (χ3n) is 7.41. The van der Waals surface area contributed by atoms with Gasteiger partial charge in [-0.2, -0.15) is 4.98 Å². The number of likely N-dealkylation sites (tertiary alicyclic amines) is 1. The Morgan fingerprint density at radius 3 is 2.72 bits per heavy atom. The number of halogens is 2. The second-order valence-electron chi connectivity index (χ2n) is 9.64. The van der Waals surface area contributed by atoms with E-state index >= 15 is 4.39 Å². The van der Waals surface area contributed by atoms with Crippen molar-refractivity contribution in [3.63, 3.8) is 0 Å². The van der Waals surface area contributed by atoms with Crippen molar-refractivity contribution >= 4 is 39.7 Å². The van der Waals surface area contributed by atoms with E-state index in [0.717, 1.165) is 31.3 Å². The van der Waals surface area contributed by atoms with Crippen LogP contribution in [-0.4, -0.2) is 68.9 Å². The van der Waals surface area contributed by atoms with Gasteiger partial charge in [-0.15, -0.1) is 0 Å². The van der Waals surface area contributed by atoms with Crippen molar-refractivity contribution in [2.75, 3.05) is 57.2 Å². The molecule has 0 saturated carbocycles. The number of hydrogen-bond acceptors (Lipinski definition) is 6. The molecule has 190 valence electrons. The molecule has 0 aliphatic carbocycles. The quantitative estimate of drug-likeness (QED) is 0.524. The normalized spacial score (nSPS) is 22.1. The number of likely N-dealkylation sites (N-methyl/N-ethyl adjacent to an activating group) is 2. The van der Waals surface area contributed by atoms with Crippen LogP contribution in [0.25, 0.3) is 10.9 Å². The summed E-state index contributed by atoms with van der Waals surface area (Å²) in [5, 5.41) is 6.32. The Kier molecular flexibility index (Phi) is 6.48. The summed E-state index contributed by atoms with van der Waals surface area (Å²) in [7, 11) is 3.59. The maximum Gasteiger partial charge on any atom is 0.278 e. The number of nitrogens with one attached hydrogen (secondary N) is 2. The fourth-order valence-corrected chi connectivity index (χ4v) is 5.55. The molecule has 1 amide bonds. The van der Waals surface area contributed by atoms with Crippen LogP contribution in [0.4, 0.5) is 31.7 Å². The number of benzene rings is 1. The van der Waals surface area contributed by atoms with E-state index in [4.69, 9.17) is 9.72 Å². The third-order valence-corrected chi connectivity index (χ3v) is 7.41. The molecule has 2 atom stereocenters. The summed E-state index contributed by atoms with van der Waals surface area (Å²) in [6, 6.07) is 3.74. The SMILES string of the molecule is CNC(=O)[C@H]1CCC[N+]1(C)c1nc2cc(F)cc(F)c2c(Nc2cncc(N3CCOCC3)c2)c1C. The van der Waals surface area contributed by atoms with Crippen molar-refractivity contribution in [2.24, 2.45) is 0 Å². The maximum absolute atomic E-state index is 15.2. The number of pyridine rings is 2. The Morgan fingerprint density at radius 1 is 1.19 bits per heavy atom. The Bertz CT molecular complexity index is 1310. The van der Waals surface area contributed by atoms with Crippen molar-refractivity contribution < 1.29 is 18.3 Å². The first-order chi connectivity index (χ1) is 17.3. The minimum absolute atomic E-state index is 0.0707. The second-order valence-corrected chi connectivity index (χ2v) is 9.64. The molecule has 2 fully saturated rings. The zero-order chi connectivity index (χ0) is 25.4. The molecule has 36 heavy (non-hydrogen) atoms. The molecular weight excluding hydrogens is 466 g/mol. The largest absolute Gasteiger partial charge is 0.378 e. The van der Waals surface area contributed by atoms with Gasteiger partial charge in [0.05, 0.1) is 72.7 Å². The van der Waals surface area contributed by atoms with Crippen LogP contribution in [0.2, 0.25) is 0 Å². The molecule has 5 rings (SSSR count). The lowest BCUT2D eigenvalue weighted by Crippen LogP contribution is -2.56. The number of carbonyl (C=O) groups is 1. The summed E-state index contributed by atoms with van der Waals surface area (Å²) < 4.78 is 35.2. The zero-order valence-corrected chi connectivity index (χ0v) is 20.8.